The second kappa shape index (κ2) is 8.55. The molecule has 0 heterocycles. The first-order valence-electron chi connectivity index (χ1n) is 8.37. The number of nitrogens with zero attached hydrogens (tertiary/aromatic N) is 1. The van der Waals surface area contributed by atoms with Gasteiger partial charge in [0.05, 0.1) is 10.5 Å². The number of hydrogen-bond acceptors (Lipinski definition) is 5. The molecule has 0 aliphatic carbocycles. The van der Waals surface area contributed by atoms with E-state index in [0.717, 1.165) is 5.56 Å². The van der Waals surface area contributed by atoms with Gasteiger partial charge in [-0.15, -0.1) is 0 Å². The van der Waals surface area contributed by atoms with Crippen molar-refractivity contribution in [3.63, 3.8) is 0 Å². The van der Waals surface area contributed by atoms with Gasteiger partial charge in [-0.1, -0.05) is 48.5 Å². The van der Waals surface area contributed by atoms with Crippen LogP contribution < -0.4 is 4.74 Å². The SMILES string of the molecule is O=C(C=Cc1ccc(OC(=O)c2ccc([N+](=O)[O-])cc2)cc1)c1ccccc1. The van der Waals surface area contributed by atoms with Crippen LogP contribution in [0.3, 0.4) is 0 Å². The average Bonchev–Trinajstić information content (AvgIpc) is 2.73. The summed E-state index contributed by atoms with van der Waals surface area (Å²) >= 11 is 0. The van der Waals surface area contributed by atoms with E-state index in [1.165, 1.54) is 30.3 Å². The minimum atomic E-state index is -0.613. The molecular weight excluding hydrogens is 358 g/mol. The highest BCUT2D eigenvalue weighted by atomic mass is 16.6. The zero-order chi connectivity index (χ0) is 19.9. The van der Waals surface area contributed by atoms with Crippen LogP contribution in [-0.2, 0) is 0 Å². The summed E-state index contributed by atoms with van der Waals surface area (Å²) in [5, 5.41) is 10.6. The van der Waals surface area contributed by atoms with Crippen LogP contribution in [-0.4, -0.2) is 16.7 Å². The molecule has 3 aromatic rings. The second-order valence-corrected chi connectivity index (χ2v) is 5.83. The second-order valence-electron chi connectivity index (χ2n) is 5.83. The molecule has 0 spiro atoms. The standard InChI is InChI=1S/C22H15NO5/c24-21(17-4-2-1-3-5-17)15-8-16-6-13-20(14-7-16)28-22(25)18-9-11-19(12-10-18)23(26)27/h1-15H. The predicted octanol–water partition coefficient (Wildman–Crippen LogP) is 4.71. The Morgan fingerprint density at radius 3 is 2.07 bits per heavy atom. The van der Waals surface area contributed by atoms with Gasteiger partial charge in [-0.2, -0.15) is 0 Å². The molecule has 6 nitrogen and oxygen atoms in total. The molecule has 0 radical (unpaired) electrons. The van der Waals surface area contributed by atoms with Crippen LogP contribution >= 0.6 is 0 Å². The maximum absolute atomic E-state index is 12.1. The van der Waals surface area contributed by atoms with Crippen LogP contribution in [0.1, 0.15) is 26.3 Å². The van der Waals surface area contributed by atoms with E-state index in [1.807, 2.05) is 6.07 Å². The molecule has 28 heavy (non-hydrogen) atoms. The number of esters is 1. The van der Waals surface area contributed by atoms with Crippen LogP contribution in [0, 0.1) is 10.1 Å². The molecule has 0 fully saturated rings. The third-order valence-electron chi connectivity index (χ3n) is 3.89. The molecule has 0 N–H and O–H groups in total. The van der Waals surface area contributed by atoms with Crippen LogP contribution in [0.4, 0.5) is 5.69 Å². The van der Waals surface area contributed by atoms with Gasteiger partial charge in [0.25, 0.3) is 5.69 Å². The van der Waals surface area contributed by atoms with E-state index >= 15 is 0 Å². The van der Waals surface area contributed by atoms with Gasteiger partial charge in [0.15, 0.2) is 5.78 Å². The number of ether oxygens (including phenoxy) is 1. The van der Waals surface area contributed by atoms with Crippen molar-refractivity contribution in [3.05, 3.63) is 112 Å². The highest BCUT2D eigenvalue weighted by Gasteiger charge is 2.11. The maximum Gasteiger partial charge on any atom is 0.343 e. The van der Waals surface area contributed by atoms with E-state index in [0.29, 0.717) is 11.3 Å². The monoisotopic (exact) mass is 373 g/mol. The summed E-state index contributed by atoms with van der Waals surface area (Å²) in [7, 11) is 0. The zero-order valence-corrected chi connectivity index (χ0v) is 14.6. The summed E-state index contributed by atoms with van der Waals surface area (Å²) in [6.07, 6.45) is 3.16. The fraction of sp³-hybridized carbons (Fsp3) is 0. The van der Waals surface area contributed by atoms with E-state index in [4.69, 9.17) is 4.74 Å². The summed E-state index contributed by atoms with van der Waals surface area (Å²) in [6, 6.07) is 20.7. The van der Waals surface area contributed by atoms with Crippen LogP contribution in [0.2, 0.25) is 0 Å². The van der Waals surface area contributed by atoms with E-state index in [1.54, 1.807) is 54.6 Å². The summed E-state index contributed by atoms with van der Waals surface area (Å²) in [5.41, 5.74) is 1.49. The maximum atomic E-state index is 12.1. The van der Waals surface area contributed by atoms with E-state index in [2.05, 4.69) is 0 Å². The van der Waals surface area contributed by atoms with Gasteiger partial charge < -0.3 is 4.74 Å². The fourth-order valence-electron chi connectivity index (χ4n) is 2.40. The third kappa shape index (κ3) is 4.76. The van der Waals surface area contributed by atoms with E-state index < -0.39 is 10.9 Å². The highest BCUT2D eigenvalue weighted by molar-refractivity contribution is 6.06. The summed E-state index contributed by atoms with van der Waals surface area (Å²) in [4.78, 5) is 34.3. The number of hydrogen-bond donors (Lipinski definition) is 0. The van der Waals surface area contributed by atoms with Crippen molar-refractivity contribution < 1.29 is 19.2 Å². The van der Waals surface area contributed by atoms with Crippen molar-refractivity contribution in [3.8, 4) is 5.75 Å². The Labute approximate surface area is 160 Å². The number of allylic oxidation sites excluding steroid dienone is 1. The lowest BCUT2D eigenvalue weighted by molar-refractivity contribution is -0.384. The van der Waals surface area contributed by atoms with E-state index in [-0.39, 0.29) is 17.0 Å². The zero-order valence-electron chi connectivity index (χ0n) is 14.6. The Hall–Kier alpha value is -4.06. The Bertz CT molecular complexity index is 1020. The van der Waals surface area contributed by atoms with Gasteiger partial charge >= 0.3 is 5.97 Å². The Morgan fingerprint density at radius 2 is 1.46 bits per heavy atom. The van der Waals surface area contributed by atoms with Crippen LogP contribution in [0.25, 0.3) is 6.08 Å². The van der Waals surface area contributed by atoms with Crippen LogP contribution in [0.5, 0.6) is 5.75 Å². The van der Waals surface area contributed by atoms with E-state index in [9.17, 15) is 19.7 Å². The van der Waals surface area contributed by atoms with Gasteiger partial charge in [-0.3, -0.25) is 14.9 Å². The predicted molar refractivity (Wildman–Crippen MR) is 104 cm³/mol. The molecule has 0 unspecified atom stereocenters. The third-order valence-corrected chi connectivity index (χ3v) is 3.89. The minimum Gasteiger partial charge on any atom is -0.423 e. The Morgan fingerprint density at radius 1 is 0.821 bits per heavy atom. The number of benzene rings is 3. The summed E-state index contributed by atoms with van der Waals surface area (Å²) in [6.45, 7) is 0. The number of ketones is 1. The number of nitro benzene ring substituents is 1. The molecule has 3 rings (SSSR count). The Kier molecular flexibility index (Phi) is 5.72. The van der Waals surface area contributed by atoms with Gasteiger partial charge in [0.1, 0.15) is 5.75 Å². The molecule has 138 valence electrons. The minimum absolute atomic E-state index is 0.0993. The molecule has 0 aliphatic heterocycles. The smallest absolute Gasteiger partial charge is 0.343 e. The summed E-state index contributed by atoms with van der Waals surface area (Å²) in [5.74, 6) is -0.387. The van der Waals surface area contributed by atoms with Crippen molar-refractivity contribution in [2.45, 2.75) is 0 Å². The van der Waals surface area contributed by atoms with Crippen molar-refractivity contribution >= 4 is 23.5 Å². The molecule has 0 bridgehead atoms. The van der Waals surface area contributed by atoms with Gasteiger partial charge in [0.2, 0.25) is 0 Å². The molecular formula is C22H15NO5. The van der Waals surface area contributed by atoms with Gasteiger partial charge in [0, 0.05) is 17.7 Å². The molecule has 0 saturated heterocycles. The topological polar surface area (TPSA) is 86.5 Å². The van der Waals surface area contributed by atoms with Crippen molar-refractivity contribution in [2.24, 2.45) is 0 Å². The molecule has 0 amide bonds. The first-order valence-corrected chi connectivity index (χ1v) is 8.37. The van der Waals surface area contributed by atoms with Gasteiger partial charge in [-0.05, 0) is 35.9 Å². The molecule has 0 aromatic heterocycles. The molecule has 0 atom stereocenters. The first kappa shape index (κ1) is 18.7. The first-order chi connectivity index (χ1) is 13.5. The van der Waals surface area contributed by atoms with Gasteiger partial charge in [-0.25, -0.2) is 4.79 Å². The normalized spacial score (nSPS) is 10.6. The fourth-order valence-corrected chi connectivity index (χ4v) is 2.40. The number of carbonyl (C=O) groups is 2. The van der Waals surface area contributed by atoms with Crippen LogP contribution in [0.15, 0.2) is 84.9 Å². The average molecular weight is 373 g/mol. The molecule has 0 aliphatic rings. The lowest BCUT2D eigenvalue weighted by Gasteiger charge is -2.04. The lowest BCUT2D eigenvalue weighted by atomic mass is 10.1. The molecule has 0 saturated carbocycles. The lowest BCUT2D eigenvalue weighted by Crippen LogP contribution is -2.08. The highest BCUT2D eigenvalue weighted by Crippen LogP contribution is 2.17. The van der Waals surface area contributed by atoms with Crippen molar-refractivity contribution in [1.82, 2.24) is 0 Å². The Balaban J connectivity index is 1.62. The number of non-ortho nitro benzene ring substituents is 1. The quantitative estimate of drug-likeness (QED) is 0.156. The largest absolute Gasteiger partial charge is 0.423 e. The van der Waals surface area contributed by atoms with Crippen molar-refractivity contribution in [1.29, 1.82) is 0 Å². The number of rotatable bonds is 6. The molecule has 3 aromatic carbocycles. The van der Waals surface area contributed by atoms with Crippen molar-refractivity contribution in [2.75, 3.05) is 0 Å². The molecule has 6 heteroatoms. The number of carbonyl (C=O) groups excluding carboxylic acids is 2. The summed E-state index contributed by atoms with van der Waals surface area (Å²) < 4.78 is 5.25. The number of nitro groups is 1.